The molecule has 0 aliphatic rings. The summed E-state index contributed by atoms with van der Waals surface area (Å²) in [6.07, 6.45) is 1.48. The monoisotopic (exact) mass is 576 g/mol. The van der Waals surface area contributed by atoms with Gasteiger partial charge >= 0.3 is 0 Å². The maximum absolute atomic E-state index is 13.0. The number of hydrogen-bond acceptors (Lipinski definition) is 7. The second kappa shape index (κ2) is 10.5. The number of nitrogens with one attached hydrogen (secondary N) is 3. The van der Waals surface area contributed by atoms with Crippen molar-refractivity contribution in [2.75, 3.05) is 14.8 Å². The highest BCUT2D eigenvalue weighted by atomic mass is 35.5. The minimum Gasteiger partial charge on any atom is -0.322 e. The number of rotatable bonds is 8. The first kappa shape index (κ1) is 26.6. The molecule has 1 heterocycles. The predicted octanol–water partition coefficient (Wildman–Crippen LogP) is 5.27. The third-order valence-electron chi connectivity index (χ3n) is 5.03. The molecule has 3 N–H and O–H groups in total. The van der Waals surface area contributed by atoms with Gasteiger partial charge in [-0.2, -0.15) is 0 Å². The van der Waals surface area contributed by atoms with E-state index in [1.165, 1.54) is 48.7 Å². The lowest BCUT2D eigenvalue weighted by Gasteiger charge is -2.13. The van der Waals surface area contributed by atoms with Crippen LogP contribution < -0.4 is 14.8 Å². The van der Waals surface area contributed by atoms with Gasteiger partial charge in [-0.3, -0.25) is 14.2 Å². The lowest BCUT2D eigenvalue weighted by atomic mass is 10.1. The van der Waals surface area contributed by atoms with Crippen LogP contribution in [0.3, 0.4) is 0 Å². The van der Waals surface area contributed by atoms with Crippen molar-refractivity contribution in [1.29, 1.82) is 0 Å². The number of aromatic nitrogens is 1. The van der Waals surface area contributed by atoms with Gasteiger partial charge in [-0.05, 0) is 79.6 Å². The molecule has 0 bridgehead atoms. The van der Waals surface area contributed by atoms with Gasteiger partial charge in [0.25, 0.3) is 26.0 Å². The van der Waals surface area contributed by atoms with Gasteiger partial charge in [-0.1, -0.05) is 17.7 Å². The van der Waals surface area contributed by atoms with Crippen LogP contribution in [0.15, 0.2) is 82.0 Å². The summed E-state index contributed by atoms with van der Waals surface area (Å²) in [7, 11) is -7.93. The zero-order valence-electron chi connectivity index (χ0n) is 19.5. The maximum atomic E-state index is 13.0. The molecule has 4 aromatic rings. The molecule has 0 radical (unpaired) electrons. The third kappa shape index (κ3) is 6.46. The first-order valence-corrected chi connectivity index (χ1v) is 14.9. The SMILES string of the molecule is Cc1cc(C)cc(NS(=O)(=O)c2cc(C(=O)Nc3ccc(S(=O)(=O)Nc4nccs4)cc3)ccc2Cl)c1. The van der Waals surface area contributed by atoms with Crippen molar-refractivity contribution in [3.63, 3.8) is 0 Å². The van der Waals surface area contributed by atoms with Crippen molar-refractivity contribution in [1.82, 2.24) is 4.98 Å². The normalized spacial score (nSPS) is 11.6. The average Bonchev–Trinajstić information content (AvgIpc) is 3.31. The molecule has 0 aliphatic carbocycles. The number of anilines is 3. The summed E-state index contributed by atoms with van der Waals surface area (Å²) >= 11 is 7.31. The average molecular weight is 577 g/mol. The minimum absolute atomic E-state index is 0.0157. The van der Waals surface area contributed by atoms with Crippen LogP contribution in [-0.2, 0) is 20.0 Å². The fraction of sp³-hybridized carbons (Fsp3) is 0.0833. The number of sulfonamides is 2. The lowest BCUT2D eigenvalue weighted by molar-refractivity contribution is 0.102. The number of thiazole rings is 1. The smallest absolute Gasteiger partial charge is 0.263 e. The molecule has 3 aromatic carbocycles. The van der Waals surface area contributed by atoms with Crippen molar-refractivity contribution in [2.45, 2.75) is 23.6 Å². The summed E-state index contributed by atoms with van der Waals surface area (Å²) in [6.45, 7) is 3.70. The lowest BCUT2D eigenvalue weighted by Crippen LogP contribution is -2.17. The molecule has 0 atom stereocenters. The van der Waals surface area contributed by atoms with E-state index >= 15 is 0 Å². The summed E-state index contributed by atoms with van der Waals surface area (Å²) in [6, 6.07) is 14.7. The maximum Gasteiger partial charge on any atom is 0.263 e. The summed E-state index contributed by atoms with van der Waals surface area (Å²) < 4.78 is 55.9. The first-order valence-electron chi connectivity index (χ1n) is 10.7. The summed E-state index contributed by atoms with van der Waals surface area (Å²) in [4.78, 5) is 16.5. The number of benzene rings is 3. The largest absolute Gasteiger partial charge is 0.322 e. The molecule has 13 heteroatoms. The Morgan fingerprint density at radius 1 is 0.838 bits per heavy atom. The predicted molar refractivity (Wildman–Crippen MR) is 145 cm³/mol. The molecule has 0 saturated heterocycles. The van der Waals surface area contributed by atoms with E-state index in [1.54, 1.807) is 17.5 Å². The Hall–Kier alpha value is -3.45. The molecule has 0 spiro atoms. The van der Waals surface area contributed by atoms with Gasteiger partial charge in [0.05, 0.1) is 9.92 Å². The summed E-state index contributed by atoms with van der Waals surface area (Å²) in [5, 5.41) is 4.45. The number of aryl methyl sites for hydroxylation is 2. The van der Waals surface area contributed by atoms with E-state index in [2.05, 4.69) is 19.7 Å². The molecule has 0 aliphatic heterocycles. The number of amides is 1. The van der Waals surface area contributed by atoms with E-state index in [0.29, 0.717) is 11.4 Å². The van der Waals surface area contributed by atoms with Crippen molar-refractivity contribution < 1.29 is 21.6 Å². The fourth-order valence-corrected chi connectivity index (χ4v) is 6.82. The highest BCUT2D eigenvalue weighted by molar-refractivity contribution is 7.93. The fourth-order valence-electron chi connectivity index (χ4n) is 3.46. The highest BCUT2D eigenvalue weighted by Crippen LogP contribution is 2.27. The Morgan fingerprint density at radius 3 is 2.14 bits per heavy atom. The second-order valence-electron chi connectivity index (χ2n) is 8.05. The van der Waals surface area contributed by atoms with Crippen LogP contribution in [0.1, 0.15) is 21.5 Å². The van der Waals surface area contributed by atoms with Gasteiger partial charge in [0.15, 0.2) is 5.13 Å². The summed E-state index contributed by atoms with van der Waals surface area (Å²) in [5.41, 5.74) is 2.51. The molecule has 9 nitrogen and oxygen atoms in total. The second-order valence-corrected chi connectivity index (χ2v) is 12.7. The molecular weight excluding hydrogens is 556 g/mol. The topological polar surface area (TPSA) is 134 Å². The number of carbonyl (C=O) groups excluding carboxylic acids is 1. The standard InChI is InChI=1S/C24H21ClN4O5S3/c1-15-11-16(2)13-19(12-15)28-37(33,34)22-14-17(3-8-21(22)25)23(30)27-18-4-6-20(7-5-18)36(31,32)29-24-26-9-10-35-24/h3-14,28H,1-2H3,(H,26,29)(H,27,30). The Morgan fingerprint density at radius 2 is 1.51 bits per heavy atom. The van der Waals surface area contributed by atoms with E-state index in [4.69, 9.17) is 11.6 Å². The molecule has 0 unspecified atom stereocenters. The van der Waals surface area contributed by atoms with Crippen LogP contribution in [0.2, 0.25) is 5.02 Å². The quantitative estimate of drug-likeness (QED) is 0.262. The van der Waals surface area contributed by atoms with Crippen LogP contribution >= 0.6 is 22.9 Å². The van der Waals surface area contributed by atoms with Gasteiger partial charge in [-0.15, -0.1) is 11.3 Å². The van der Waals surface area contributed by atoms with Gasteiger partial charge in [0.2, 0.25) is 0 Å². The Kier molecular flexibility index (Phi) is 7.55. The molecule has 37 heavy (non-hydrogen) atoms. The van der Waals surface area contributed by atoms with E-state index < -0.39 is 26.0 Å². The minimum atomic E-state index is -4.09. The van der Waals surface area contributed by atoms with Gasteiger partial charge < -0.3 is 5.32 Å². The molecule has 0 fully saturated rings. The third-order valence-corrected chi connectivity index (χ3v) is 9.07. The van der Waals surface area contributed by atoms with Gasteiger partial charge in [-0.25, -0.2) is 21.8 Å². The number of carbonyl (C=O) groups is 1. The summed E-state index contributed by atoms with van der Waals surface area (Å²) in [5.74, 6) is -0.601. The number of nitrogens with zero attached hydrogens (tertiary/aromatic N) is 1. The molecule has 1 amide bonds. The number of halogens is 1. The van der Waals surface area contributed by atoms with Crippen molar-refractivity contribution >= 4 is 65.4 Å². The molecular formula is C24H21ClN4O5S3. The van der Waals surface area contributed by atoms with E-state index in [-0.39, 0.29) is 25.5 Å². The Balaban J connectivity index is 1.51. The van der Waals surface area contributed by atoms with E-state index in [0.717, 1.165) is 22.5 Å². The molecule has 1 aromatic heterocycles. The van der Waals surface area contributed by atoms with Crippen molar-refractivity contribution in [3.8, 4) is 0 Å². The van der Waals surface area contributed by atoms with Crippen LogP contribution in [0, 0.1) is 13.8 Å². The van der Waals surface area contributed by atoms with E-state index in [1.807, 2.05) is 19.9 Å². The van der Waals surface area contributed by atoms with Gasteiger partial charge in [0.1, 0.15) is 4.90 Å². The highest BCUT2D eigenvalue weighted by Gasteiger charge is 2.21. The zero-order valence-corrected chi connectivity index (χ0v) is 22.7. The first-order chi connectivity index (χ1) is 17.4. The van der Waals surface area contributed by atoms with E-state index in [9.17, 15) is 21.6 Å². The van der Waals surface area contributed by atoms with Crippen LogP contribution in [-0.4, -0.2) is 27.7 Å². The number of hydrogen-bond donors (Lipinski definition) is 3. The van der Waals surface area contributed by atoms with Crippen LogP contribution in [0.5, 0.6) is 0 Å². The zero-order chi connectivity index (χ0) is 26.8. The van der Waals surface area contributed by atoms with Crippen molar-refractivity contribution in [3.05, 3.63) is 94.0 Å². The molecule has 4 rings (SSSR count). The Bertz CT molecular complexity index is 1650. The van der Waals surface area contributed by atoms with Gasteiger partial charge in [0, 0.05) is 28.5 Å². The molecule has 192 valence electrons. The van der Waals surface area contributed by atoms with Crippen molar-refractivity contribution in [2.24, 2.45) is 0 Å². The van der Waals surface area contributed by atoms with Crippen LogP contribution in [0.4, 0.5) is 16.5 Å². The molecule has 0 saturated carbocycles. The van der Waals surface area contributed by atoms with Crippen LogP contribution in [0.25, 0.3) is 0 Å². The Labute approximate surface area is 223 Å².